The van der Waals surface area contributed by atoms with Crippen molar-refractivity contribution in [2.24, 2.45) is 17.3 Å². The Morgan fingerprint density at radius 1 is 1.22 bits per heavy atom. The summed E-state index contributed by atoms with van der Waals surface area (Å²) in [5.41, 5.74) is 1.20. The summed E-state index contributed by atoms with van der Waals surface area (Å²) in [4.78, 5) is 0. The number of nitrogens with zero attached hydrogens (tertiary/aromatic N) is 1. The molecule has 1 nitrogen and oxygen atoms in total. The van der Waals surface area contributed by atoms with Crippen LogP contribution in [0.1, 0.15) is 45.1 Å². The second-order valence-corrected chi connectivity index (χ2v) is 6.14. The smallest absolute Gasteiger partial charge is 0.0693 e. The van der Waals surface area contributed by atoms with E-state index in [1.165, 1.54) is 18.4 Å². The van der Waals surface area contributed by atoms with Crippen molar-refractivity contribution in [3.8, 4) is 6.07 Å². The fourth-order valence-corrected chi connectivity index (χ4v) is 3.17. The topological polar surface area (TPSA) is 23.8 Å². The molecule has 0 bridgehead atoms. The van der Waals surface area contributed by atoms with Gasteiger partial charge in [-0.25, -0.2) is 0 Å². The summed E-state index contributed by atoms with van der Waals surface area (Å²) >= 11 is 0. The van der Waals surface area contributed by atoms with Crippen LogP contribution in [0.15, 0.2) is 30.3 Å². The monoisotopic (exact) mass is 241 g/mol. The Hall–Kier alpha value is -1.29. The van der Waals surface area contributed by atoms with Crippen molar-refractivity contribution in [1.29, 1.82) is 5.26 Å². The first-order valence-electron chi connectivity index (χ1n) is 7.10. The van der Waals surface area contributed by atoms with Crippen molar-refractivity contribution in [3.63, 3.8) is 0 Å². The lowest BCUT2D eigenvalue weighted by atomic mass is 9.66. The zero-order chi connectivity index (χ0) is 13.0. The Balaban J connectivity index is 2.04. The van der Waals surface area contributed by atoms with Gasteiger partial charge in [-0.3, -0.25) is 0 Å². The molecule has 0 spiro atoms. The minimum atomic E-state index is -0.104. The van der Waals surface area contributed by atoms with E-state index < -0.39 is 0 Å². The summed E-state index contributed by atoms with van der Waals surface area (Å²) in [5, 5.41) is 9.58. The lowest BCUT2D eigenvalue weighted by Crippen LogP contribution is -2.30. The third-order valence-corrected chi connectivity index (χ3v) is 4.55. The van der Waals surface area contributed by atoms with Gasteiger partial charge in [0.05, 0.1) is 11.5 Å². The van der Waals surface area contributed by atoms with Crippen LogP contribution in [-0.4, -0.2) is 0 Å². The van der Waals surface area contributed by atoms with Crippen LogP contribution >= 0.6 is 0 Å². The van der Waals surface area contributed by atoms with Gasteiger partial charge in [0.15, 0.2) is 0 Å². The van der Waals surface area contributed by atoms with Gasteiger partial charge in [-0.2, -0.15) is 5.26 Å². The summed E-state index contributed by atoms with van der Waals surface area (Å²) in [6, 6.07) is 13.1. The van der Waals surface area contributed by atoms with E-state index in [1.54, 1.807) is 0 Å². The van der Waals surface area contributed by atoms with Crippen molar-refractivity contribution >= 4 is 0 Å². The van der Waals surface area contributed by atoms with Crippen LogP contribution in [0, 0.1) is 28.6 Å². The predicted molar refractivity (Wildman–Crippen MR) is 75.0 cm³/mol. The minimum Gasteiger partial charge on any atom is -0.198 e. The Morgan fingerprint density at radius 3 is 2.33 bits per heavy atom. The Bertz CT molecular complexity index is 405. The van der Waals surface area contributed by atoms with Gasteiger partial charge in [0, 0.05) is 0 Å². The van der Waals surface area contributed by atoms with Crippen molar-refractivity contribution in [2.75, 3.05) is 0 Å². The molecular formula is C17H23N. The molecule has 1 fully saturated rings. The standard InChI is InChI=1S/C17H23N/c1-14(2)16-8-10-17(13-18,11-9-16)12-15-6-4-3-5-7-15/h3-7,14,16H,8-12H2,1-2H3. The normalized spacial score (nSPS) is 28.0. The largest absolute Gasteiger partial charge is 0.198 e. The maximum Gasteiger partial charge on any atom is 0.0693 e. The molecule has 0 atom stereocenters. The second kappa shape index (κ2) is 5.57. The summed E-state index contributed by atoms with van der Waals surface area (Å²) in [6.45, 7) is 4.61. The van der Waals surface area contributed by atoms with E-state index >= 15 is 0 Å². The molecule has 0 radical (unpaired) electrons. The molecule has 1 aliphatic rings. The summed E-state index contributed by atoms with van der Waals surface area (Å²) in [6.07, 6.45) is 5.51. The van der Waals surface area contributed by atoms with Crippen molar-refractivity contribution in [3.05, 3.63) is 35.9 Å². The molecule has 18 heavy (non-hydrogen) atoms. The molecule has 0 amide bonds. The lowest BCUT2D eigenvalue weighted by molar-refractivity contribution is 0.175. The quantitative estimate of drug-likeness (QED) is 0.759. The molecule has 1 aromatic carbocycles. The average Bonchev–Trinajstić information content (AvgIpc) is 2.40. The predicted octanol–water partition coefficient (Wildman–Crippen LogP) is 4.59. The van der Waals surface area contributed by atoms with E-state index in [0.29, 0.717) is 0 Å². The number of hydrogen-bond acceptors (Lipinski definition) is 1. The SMILES string of the molecule is CC(C)C1CCC(C#N)(Cc2ccccc2)CC1. The Morgan fingerprint density at radius 2 is 1.83 bits per heavy atom. The summed E-state index contributed by atoms with van der Waals surface area (Å²) in [5.74, 6) is 1.58. The number of benzene rings is 1. The Kier molecular flexibility index (Phi) is 4.07. The first kappa shape index (κ1) is 13.1. The highest BCUT2D eigenvalue weighted by Crippen LogP contribution is 2.43. The molecule has 0 aliphatic heterocycles. The molecule has 0 N–H and O–H groups in total. The number of nitriles is 1. The molecule has 1 saturated carbocycles. The van der Waals surface area contributed by atoms with Crippen molar-refractivity contribution in [2.45, 2.75) is 46.0 Å². The van der Waals surface area contributed by atoms with Gasteiger partial charge in [0.1, 0.15) is 0 Å². The summed E-state index contributed by atoms with van der Waals surface area (Å²) < 4.78 is 0. The van der Waals surface area contributed by atoms with Gasteiger partial charge in [-0.15, -0.1) is 0 Å². The van der Waals surface area contributed by atoms with E-state index in [2.05, 4.69) is 44.2 Å². The molecular weight excluding hydrogens is 218 g/mol. The first-order valence-corrected chi connectivity index (χ1v) is 7.10. The van der Waals surface area contributed by atoms with Crippen LogP contribution in [0.2, 0.25) is 0 Å². The highest BCUT2D eigenvalue weighted by molar-refractivity contribution is 5.19. The van der Waals surface area contributed by atoms with Crippen LogP contribution in [0.3, 0.4) is 0 Å². The molecule has 0 heterocycles. The molecule has 0 aromatic heterocycles. The third-order valence-electron chi connectivity index (χ3n) is 4.55. The second-order valence-electron chi connectivity index (χ2n) is 6.14. The van der Waals surface area contributed by atoms with Crippen LogP contribution in [0.5, 0.6) is 0 Å². The van der Waals surface area contributed by atoms with E-state index in [-0.39, 0.29) is 5.41 Å². The first-order chi connectivity index (χ1) is 8.65. The molecule has 0 saturated heterocycles. The van der Waals surface area contributed by atoms with Gasteiger partial charge in [-0.05, 0) is 49.5 Å². The maximum absolute atomic E-state index is 9.58. The van der Waals surface area contributed by atoms with Crippen LogP contribution in [0.4, 0.5) is 0 Å². The van der Waals surface area contributed by atoms with Gasteiger partial charge in [0.25, 0.3) is 0 Å². The zero-order valence-corrected chi connectivity index (χ0v) is 11.5. The number of hydrogen-bond donors (Lipinski definition) is 0. The molecule has 0 unspecified atom stereocenters. The van der Waals surface area contributed by atoms with E-state index in [1.807, 2.05) is 6.07 Å². The van der Waals surface area contributed by atoms with E-state index in [4.69, 9.17) is 0 Å². The summed E-state index contributed by atoms with van der Waals surface area (Å²) in [7, 11) is 0. The third kappa shape index (κ3) is 2.93. The number of rotatable bonds is 3. The van der Waals surface area contributed by atoms with Gasteiger partial charge >= 0.3 is 0 Å². The minimum absolute atomic E-state index is 0.104. The zero-order valence-electron chi connectivity index (χ0n) is 11.5. The Labute approximate surface area is 111 Å². The van der Waals surface area contributed by atoms with Crippen LogP contribution in [0.25, 0.3) is 0 Å². The highest BCUT2D eigenvalue weighted by Gasteiger charge is 2.36. The van der Waals surface area contributed by atoms with Crippen LogP contribution in [-0.2, 0) is 6.42 Å². The lowest BCUT2D eigenvalue weighted by Gasteiger charge is -2.36. The molecule has 1 aromatic rings. The molecule has 1 heteroatoms. The average molecular weight is 241 g/mol. The maximum atomic E-state index is 9.58. The van der Waals surface area contributed by atoms with Crippen molar-refractivity contribution < 1.29 is 0 Å². The highest BCUT2D eigenvalue weighted by atomic mass is 14.4. The molecule has 2 rings (SSSR count). The van der Waals surface area contributed by atoms with Gasteiger partial charge in [0.2, 0.25) is 0 Å². The van der Waals surface area contributed by atoms with Crippen molar-refractivity contribution in [1.82, 2.24) is 0 Å². The molecule has 1 aliphatic carbocycles. The molecule has 96 valence electrons. The fraction of sp³-hybridized carbons (Fsp3) is 0.588. The van der Waals surface area contributed by atoms with E-state index in [0.717, 1.165) is 31.1 Å². The van der Waals surface area contributed by atoms with Gasteiger partial charge < -0.3 is 0 Å². The van der Waals surface area contributed by atoms with E-state index in [9.17, 15) is 5.26 Å². The van der Waals surface area contributed by atoms with Gasteiger partial charge in [-0.1, -0.05) is 44.2 Å². The fourth-order valence-electron chi connectivity index (χ4n) is 3.17. The van der Waals surface area contributed by atoms with Crippen LogP contribution < -0.4 is 0 Å².